The van der Waals surface area contributed by atoms with Crippen LogP contribution in [0.3, 0.4) is 0 Å². The van der Waals surface area contributed by atoms with E-state index in [1.807, 2.05) is 34.6 Å². The molecule has 0 aromatic carbocycles. The maximum atomic E-state index is 11.5. The van der Waals surface area contributed by atoms with Crippen LogP contribution in [0.4, 0.5) is 0 Å². The summed E-state index contributed by atoms with van der Waals surface area (Å²) >= 11 is 0. The van der Waals surface area contributed by atoms with E-state index in [4.69, 9.17) is 9.47 Å². The average Bonchev–Trinajstić information content (AvgIpc) is 2.08. The summed E-state index contributed by atoms with van der Waals surface area (Å²) in [6, 6.07) is 0. The van der Waals surface area contributed by atoms with Crippen molar-refractivity contribution in [3.05, 3.63) is 0 Å². The van der Waals surface area contributed by atoms with Crippen molar-refractivity contribution in [2.75, 3.05) is 6.61 Å². The van der Waals surface area contributed by atoms with Crippen LogP contribution in [-0.4, -0.2) is 24.3 Å². The molecule has 0 fully saturated rings. The highest BCUT2D eigenvalue weighted by atomic mass is 16.6. The lowest BCUT2D eigenvalue weighted by Crippen LogP contribution is -2.34. The maximum Gasteiger partial charge on any atom is 0.335 e. The molecule has 0 spiro atoms. The molecule has 0 rings (SSSR count). The van der Waals surface area contributed by atoms with Crippen LogP contribution in [0.2, 0.25) is 0 Å². The molecule has 0 bridgehead atoms. The van der Waals surface area contributed by atoms with E-state index in [1.165, 1.54) is 0 Å². The average molecular weight is 202 g/mol. The molecule has 0 radical (unpaired) electrons. The lowest BCUT2D eigenvalue weighted by atomic mass is 10.1. The van der Waals surface area contributed by atoms with E-state index in [0.29, 0.717) is 13.0 Å². The van der Waals surface area contributed by atoms with Gasteiger partial charge in [-0.05, 0) is 33.6 Å². The molecule has 0 aliphatic carbocycles. The van der Waals surface area contributed by atoms with E-state index in [0.717, 1.165) is 6.42 Å². The number of esters is 1. The van der Waals surface area contributed by atoms with E-state index in [2.05, 4.69) is 0 Å². The van der Waals surface area contributed by atoms with E-state index in [1.54, 1.807) is 0 Å². The standard InChI is InChI=1S/C11H22O3/c1-6-8-13-10(12)9(7-2)14-11(3,4)5/h9H,6-8H2,1-5H3. The number of ether oxygens (including phenoxy) is 2. The topological polar surface area (TPSA) is 35.5 Å². The van der Waals surface area contributed by atoms with Crippen molar-refractivity contribution in [1.29, 1.82) is 0 Å². The summed E-state index contributed by atoms with van der Waals surface area (Å²) in [5.41, 5.74) is -0.300. The van der Waals surface area contributed by atoms with E-state index in [-0.39, 0.29) is 11.6 Å². The van der Waals surface area contributed by atoms with Crippen molar-refractivity contribution >= 4 is 5.97 Å². The summed E-state index contributed by atoms with van der Waals surface area (Å²) in [5, 5.41) is 0. The second-order valence-electron chi connectivity index (χ2n) is 4.29. The Morgan fingerprint density at radius 2 is 1.86 bits per heavy atom. The quantitative estimate of drug-likeness (QED) is 0.643. The van der Waals surface area contributed by atoms with Crippen molar-refractivity contribution in [1.82, 2.24) is 0 Å². The lowest BCUT2D eigenvalue weighted by Gasteiger charge is -2.25. The minimum Gasteiger partial charge on any atom is -0.464 e. The molecule has 0 saturated heterocycles. The Morgan fingerprint density at radius 3 is 2.21 bits per heavy atom. The second kappa shape index (κ2) is 6.02. The minimum atomic E-state index is -0.429. The van der Waals surface area contributed by atoms with Crippen LogP contribution in [-0.2, 0) is 14.3 Å². The molecule has 14 heavy (non-hydrogen) atoms. The molecular weight excluding hydrogens is 180 g/mol. The molecular formula is C11H22O3. The summed E-state index contributed by atoms with van der Waals surface area (Å²) in [7, 11) is 0. The van der Waals surface area contributed by atoms with Gasteiger partial charge in [-0.25, -0.2) is 4.79 Å². The molecule has 3 heteroatoms. The Bertz CT molecular complexity index is 170. The summed E-state index contributed by atoms with van der Waals surface area (Å²) in [4.78, 5) is 11.5. The Labute approximate surface area is 86.8 Å². The van der Waals surface area contributed by atoms with Gasteiger partial charge in [0, 0.05) is 0 Å². The van der Waals surface area contributed by atoms with Crippen LogP contribution in [0, 0.1) is 0 Å². The molecule has 0 aromatic rings. The van der Waals surface area contributed by atoms with E-state index in [9.17, 15) is 4.79 Å². The van der Waals surface area contributed by atoms with Gasteiger partial charge in [0.1, 0.15) is 0 Å². The van der Waals surface area contributed by atoms with E-state index < -0.39 is 6.10 Å². The van der Waals surface area contributed by atoms with Crippen LogP contribution >= 0.6 is 0 Å². The summed E-state index contributed by atoms with van der Waals surface area (Å²) in [5.74, 6) is -0.246. The van der Waals surface area contributed by atoms with Gasteiger partial charge in [-0.1, -0.05) is 13.8 Å². The first-order valence-corrected chi connectivity index (χ1v) is 5.25. The van der Waals surface area contributed by atoms with Crippen LogP contribution in [0.5, 0.6) is 0 Å². The van der Waals surface area contributed by atoms with Crippen LogP contribution in [0.1, 0.15) is 47.5 Å². The predicted molar refractivity (Wildman–Crippen MR) is 56.2 cm³/mol. The first-order valence-electron chi connectivity index (χ1n) is 5.25. The van der Waals surface area contributed by atoms with E-state index >= 15 is 0 Å². The minimum absolute atomic E-state index is 0.246. The van der Waals surface area contributed by atoms with Gasteiger partial charge in [-0.2, -0.15) is 0 Å². The fraction of sp³-hybridized carbons (Fsp3) is 0.909. The highest BCUT2D eigenvalue weighted by molar-refractivity contribution is 5.74. The first-order chi connectivity index (χ1) is 6.40. The Hall–Kier alpha value is -0.570. The maximum absolute atomic E-state index is 11.5. The third-order valence-corrected chi connectivity index (χ3v) is 1.58. The molecule has 84 valence electrons. The van der Waals surface area contributed by atoms with Gasteiger partial charge in [0.25, 0.3) is 0 Å². The highest BCUT2D eigenvalue weighted by Gasteiger charge is 2.24. The van der Waals surface area contributed by atoms with Crippen molar-refractivity contribution < 1.29 is 14.3 Å². The Balaban J connectivity index is 4.06. The fourth-order valence-electron chi connectivity index (χ4n) is 1.02. The van der Waals surface area contributed by atoms with Crippen molar-refractivity contribution in [3.8, 4) is 0 Å². The van der Waals surface area contributed by atoms with Gasteiger partial charge in [0.2, 0.25) is 0 Å². The first kappa shape index (κ1) is 13.4. The molecule has 0 heterocycles. The van der Waals surface area contributed by atoms with Gasteiger partial charge >= 0.3 is 5.97 Å². The molecule has 0 saturated carbocycles. The molecule has 3 nitrogen and oxygen atoms in total. The van der Waals surface area contributed by atoms with Crippen molar-refractivity contribution in [3.63, 3.8) is 0 Å². The monoisotopic (exact) mass is 202 g/mol. The summed E-state index contributed by atoms with van der Waals surface area (Å²) in [6.45, 7) is 10.2. The third-order valence-electron chi connectivity index (χ3n) is 1.58. The van der Waals surface area contributed by atoms with Crippen LogP contribution < -0.4 is 0 Å². The van der Waals surface area contributed by atoms with Gasteiger partial charge < -0.3 is 9.47 Å². The molecule has 0 amide bonds. The van der Waals surface area contributed by atoms with Crippen LogP contribution in [0.25, 0.3) is 0 Å². The molecule has 1 unspecified atom stereocenters. The number of carbonyl (C=O) groups is 1. The SMILES string of the molecule is CCCOC(=O)C(CC)OC(C)(C)C. The zero-order chi connectivity index (χ0) is 11.2. The van der Waals surface area contributed by atoms with Crippen molar-refractivity contribution in [2.45, 2.75) is 59.2 Å². The lowest BCUT2D eigenvalue weighted by molar-refractivity contribution is -0.166. The largest absolute Gasteiger partial charge is 0.464 e. The molecule has 0 aromatic heterocycles. The molecule has 1 atom stereocenters. The number of carbonyl (C=O) groups excluding carboxylic acids is 1. The second-order valence-corrected chi connectivity index (χ2v) is 4.29. The van der Waals surface area contributed by atoms with Gasteiger partial charge in [0.05, 0.1) is 12.2 Å². The zero-order valence-electron chi connectivity index (χ0n) is 9.92. The molecule has 0 N–H and O–H groups in total. The highest BCUT2D eigenvalue weighted by Crippen LogP contribution is 2.14. The smallest absolute Gasteiger partial charge is 0.335 e. The predicted octanol–water partition coefficient (Wildman–Crippen LogP) is 2.53. The number of hydrogen-bond donors (Lipinski definition) is 0. The number of hydrogen-bond acceptors (Lipinski definition) is 3. The number of rotatable bonds is 5. The fourth-order valence-corrected chi connectivity index (χ4v) is 1.02. The summed E-state index contributed by atoms with van der Waals surface area (Å²) < 4.78 is 10.6. The summed E-state index contributed by atoms with van der Waals surface area (Å²) in [6.07, 6.45) is 1.07. The van der Waals surface area contributed by atoms with Crippen molar-refractivity contribution in [2.24, 2.45) is 0 Å². The van der Waals surface area contributed by atoms with Gasteiger partial charge in [-0.3, -0.25) is 0 Å². The Kier molecular flexibility index (Phi) is 5.77. The van der Waals surface area contributed by atoms with Crippen LogP contribution in [0.15, 0.2) is 0 Å². The van der Waals surface area contributed by atoms with Gasteiger partial charge in [0.15, 0.2) is 6.10 Å². The van der Waals surface area contributed by atoms with Gasteiger partial charge in [-0.15, -0.1) is 0 Å². The molecule has 0 aliphatic rings. The third kappa shape index (κ3) is 5.97. The normalized spacial score (nSPS) is 13.8. The Morgan fingerprint density at radius 1 is 1.29 bits per heavy atom. The zero-order valence-corrected chi connectivity index (χ0v) is 9.92. The molecule has 0 aliphatic heterocycles.